The maximum Gasteiger partial charge on any atom is 0.416 e. The van der Waals surface area contributed by atoms with E-state index >= 15 is 0 Å². The Morgan fingerprint density at radius 1 is 0.967 bits per heavy atom. The lowest BCUT2D eigenvalue weighted by Gasteiger charge is -2.18. The smallest absolute Gasteiger partial charge is 0.416 e. The van der Waals surface area contributed by atoms with Crippen molar-refractivity contribution in [2.75, 3.05) is 7.11 Å². The summed E-state index contributed by atoms with van der Waals surface area (Å²) in [6, 6.07) is 17.5. The van der Waals surface area contributed by atoms with E-state index in [4.69, 9.17) is 13.9 Å². The highest BCUT2D eigenvalue weighted by Gasteiger charge is 2.31. The Morgan fingerprint density at radius 2 is 1.77 bits per heavy atom. The number of nitrogens with zero attached hydrogens (tertiary/aromatic N) is 1. The first-order valence-corrected chi connectivity index (χ1v) is 9.23. The standard InChI is InChI=1S/C23H18F3NO3/c1-14(15-6-5-7-16(12-15)23(24,25)26)29-20-11-10-17(28-2)13-18(20)22-27-19-8-3-4-9-21(19)30-22/h3-14H,1-2H3. The van der Waals surface area contributed by atoms with Crippen LogP contribution in [0.25, 0.3) is 22.6 Å². The van der Waals surface area contributed by atoms with Gasteiger partial charge in [0.15, 0.2) is 5.58 Å². The SMILES string of the molecule is COc1ccc(OC(C)c2cccc(C(F)(F)F)c2)c(-c2nc3ccccc3o2)c1. The molecule has 0 spiro atoms. The number of para-hydroxylation sites is 2. The molecule has 1 atom stereocenters. The van der Waals surface area contributed by atoms with Gasteiger partial charge in [-0.05, 0) is 55.0 Å². The normalized spacial score (nSPS) is 12.7. The van der Waals surface area contributed by atoms with Gasteiger partial charge >= 0.3 is 6.18 Å². The van der Waals surface area contributed by atoms with E-state index in [1.807, 2.05) is 18.2 Å². The average Bonchev–Trinajstić information content (AvgIpc) is 3.17. The minimum Gasteiger partial charge on any atom is -0.497 e. The Hall–Kier alpha value is -3.48. The molecule has 4 aromatic rings. The highest BCUT2D eigenvalue weighted by atomic mass is 19.4. The topological polar surface area (TPSA) is 44.5 Å². The van der Waals surface area contributed by atoms with Crippen LogP contribution in [-0.4, -0.2) is 12.1 Å². The van der Waals surface area contributed by atoms with E-state index in [2.05, 4.69) is 4.98 Å². The fourth-order valence-electron chi connectivity index (χ4n) is 3.12. The third-order valence-corrected chi connectivity index (χ3v) is 4.70. The average molecular weight is 413 g/mol. The summed E-state index contributed by atoms with van der Waals surface area (Å²) < 4.78 is 56.3. The Labute approximate surface area is 170 Å². The zero-order chi connectivity index (χ0) is 21.3. The lowest BCUT2D eigenvalue weighted by Crippen LogP contribution is -2.09. The number of benzene rings is 3. The number of alkyl halides is 3. The van der Waals surface area contributed by atoms with E-state index in [-0.39, 0.29) is 0 Å². The fraction of sp³-hybridized carbons (Fsp3) is 0.174. The molecule has 0 aliphatic carbocycles. The predicted molar refractivity (Wildman–Crippen MR) is 106 cm³/mol. The molecule has 154 valence electrons. The van der Waals surface area contributed by atoms with Gasteiger partial charge in [0.25, 0.3) is 0 Å². The zero-order valence-corrected chi connectivity index (χ0v) is 16.2. The largest absolute Gasteiger partial charge is 0.497 e. The minimum absolute atomic E-state index is 0.335. The fourth-order valence-corrected chi connectivity index (χ4v) is 3.12. The van der Waals surface area contributed by atoms with Crippen LogP contribution in [0.1, 0.15) is 24.2 Å². The van der Waals surface area contributed by atoms with Crippen LogP contribution in [0.4, 0.5) is 13.2 Å². The minimum atomic E-state index is -4.42. The van der Waals surface area contributed by atoms with Gasteiger partial charge in [0.1, 0.15) is 23.1 Å². The summed E-state index contributed by atoms with van der Waals surface area (Å²) in [6.45, 7) is 1.69. The molecule has 7 heteroatoms. The second-order valence-electron chi connectivity index (χ2n) is 6.73. The molecule has 0 aliphatic rings. The molecular formula is C23H18F3NO3. The Morgan fingerprint density at radius 3 is 2.50 bits per heavy atom. The van der Waals surface area contributed by atoms with Gasteiger partial charge in [0.05, 0.1) is 18.2 Å². The van der Waals surface area contributed by atoms with E-state index < -0.39 is 17.8 Å². The van der Waals surface area contributed by atoms with Gasteiger partial charge in [-0.1, -0.05) is 24.3 Å². The van der Waals surface area contributed by atoms with E-state index in [0.29, 0.717) is 39.6 Å². The molecule has 1 unspecified atom stereocenters. The molecule has 0 bridgehead atoms. The van der Waals surface area contributed by atoms with Crippen LogP contribution in [0.5, 0.6) is 11.5 Å². The van der Waals surface area contributed by atoms with Gasteiger partial charge in [0.2, 0.25) is 5.89 Å². The van der Waals surface area contributed by atoms with Gasteiger partial charge in [-0.2, -0.15) is 13.2 Å². The number of halogens is 3. The number of methoxy groups -OCH3 is 1. The molecule has 0 fully saturated rings. The van der Waals surface area contributed by atoms with Crippen molar-refractivity contribution in [1.82, 2.24) is 4.98 Å². The van der Waals surface area contributed by atoms with Crippen molar-refractivity contribution in [2.45, 2.75) is 19.2 Å². The third kappa shape index (κ3) is 3.96. The molecule has 0 saturated carbocycles. The highest BCUT2D eigenvalue weighted by Crippen LogP contribution is 2.37. The van der Waals surface area contributed by atoms with Crippen LogP contribution in [-0.2, 0) is 6.18 Å². The number of rotatable bonds is 5. The van der Waals surface area contributed by atoms with E-state index in [1.54, 1.807) is 37.3 Å². The van der Waals surface area contributed by atoms with E-state index in [0.717, 1.165) is 12.1 Å². The summed E-state index contributed by atoms with van der Waals surface area (Å²) in [5.74, 6) is 1.33. The third-order valence-electron chi connectivity index (χ3n) is 4.70. The maximum absolute atomic E-state index is 13.1. The lowest BCUT2D eigenvalue weighted by molar-refractivity contribution is -0.137. The Balaban J connectivity index is 1.71. The first-order valence-electron chi connectivity index (χ1n) is 9.23. The van der Waals surface area contributed by atoms with Crippen LogP contribution >= 0.6 is 0 Å². The summed E-state index contributed by atoms with van der Waals surface area (Å²) in [5.41, 5.74) is 1.54. The molecule has 4 nitrogen and oxygen atoms in total. The van der Waals surface area contributed by atoms with Gasteiger partial charge < -0.3 is 13.9 Å². The molecule has 0 amide bonds. The summed E-state index contributed by atoms with van der Waals surface area (Å²) >= 11 is 0. The number of oxazole rings is 1. The first kappa shape index (κ1) is 19.8. The van der Waals surface area contributed by atoms with Gasteiger partial charge in [0, 0.05) is 0 Å². The number of hydrogen-bond donors (Lipinski definition) is 0. The van der Waals surface area contributed by atoms with Crippen LogP contribution < -0.4 is 9.47 Å². The quantitative estimate of drug-likeness (QED) is 0.367. The number of fused-ring (bicyclic) bond motifs is 1. The second-order valence-corrected chi connectivity index (χ2v) is 6.73. The first-order chi connectivity index (χ1) is 14.3. The van der Waals surface area contributed by atoms with Crippen molar-refractivity contribution >= 4 is 11.1 Å². The maximum atomic E-state index is 13.1. The molecule has 0 radical (unpaired) electrons. The van der Waals surface area contributed by atoms with Crippen molar-refractivity contribution in [2.24, 2.45) is 0 Å². The summed E-state index contributed by atoms with van der Waals surface area (Å²) in [5, 5.41) is 0. The summed E-state index contributed by atoms with van der Waals surface area (Å²) in [6.07, 6.45) is -5.05. The zero-order valence-electron chi connectivity index (χ0n) is 16.2. The van der Waals surface area contributed by atoms with Gasteiger partial charge in [-0.3, -0.25) is 0 Å². The van der Waals surface area contributed by atoms with Gasteiger partial charge in [-0.15, -0.1) is 0 Å². The monoisotopic (exact) mass is 413 g/mol. The van der Waals surface area contributed by atoms with Crippen molar-refractivity contribution in [3.8, 4) is 23.0 Å². The van der Waals surface area contributed by atoms with Crippen LogP contribution in [0.3, 0.4) is 0 Å². The van der Waals surface area contributed by atoms with Crippen LogP contribution in [0.15, 0.2) is 71.1 Å². The van der Waals surface area contributed by atoms with Crippen molar-refractivity contribution in [3.05, 3.63) is 77.9 Å². The molecular weight excluding hydrogens is 395 g/mol. The molecule has 0 N–H and O–H groups in total. The Bertz CT molecular complexity index is 1150. The highest BCUT2D eigenvalue weighted by molar-refractivity contribution is 5.77. The molecule has 0 aliphatic heterocycles. The number of aromatic nitrogens is 1. The van der Waals surface area contributed by atoms with Crippen LogP contribution in [0.2, 0.25) is 0 Å². The van der Waals surface area contributed by atoms with Crippen molar-refractivity contribution in [3.63, 3.8) is 0 Å². The molecule has 30 heavy (non-hydrogen) atoms. The lowest BCUT2D eigenvalue weighted by atomic mass is 10.1. The molecule has 1 heterocycles. The summed E-state index contributed by atoms with van der Waals surface area (Å²) in [7, 11) is 1.54. The van der Waals surface area contributed by atoms with Crippen LogP contribution in [0, 0.1) is 0 Å². The van der Waals surface area contributed by atoms with Crippen molar-refractivity contribution in [1.29, 1.82) is 0 Å². The molecule has 4 rings (SSSR count). The van der Waals surface area contributed by atoms with E-state index in [1.165, 1.54) is 13.2 Å². The Kier molecular flexibility index (Phi) is 5.11. The molecule has 1 aromatic heterocycles. The summed E-state index contributed by atoms with van der Waals surface area (Å²) in [4.78, 5) is 4.49. The molecule has 3 aromatic carbocycles. The second kappa shape index (κ2) is 7.74. The number of hydrogen-bond acceptors (Lipinski definition) is 4. The number of ether oxygens (including phenoxy) is 2. The predicted octanol–water partition coefficient (Wildman–Crippen LogP) is 6.66. The van der Waals surface area contributed by atoms with Gasteiger partial charge in [-0.25, -0.2) is 4.98 Å². The van der Waals surface area contributed by atoms with Crippen molar-refractivity contribution < 1.29 is 27.1 Å². The molecule has 0 saturated heterocycles. The van der Waals surface area contributed by atoms with E-state index in [9.17, 15) is 13.2 Å².